The predicted octanol–water partition coefficient (Wildman–Crippen LogP) is 4.27. The van der Waals surface area contributed by atoms with Gasteiger partial charge in [0.1, 0.15) is 5.75 Å². The summed E-state index contributed by atoms with van der Waals surface area (Å²) in [5.41, 5.74) is 0.982. The second kappa shape index (κ2) is 7.20. The van der Waals surface area contributed by atoms with Crippen molar-refractivity contribution in [2.24, 2.45) is 5.92 Å². The molecule has 2 aromatic rings. The van der Waals surface area contributed by atoms with E-state index < -0.39 is 0 Å². The Labute approximate surface area is 144 Å². The Balaban J connectivity index is 0.000000136. The average Bonchev–Trinajstić information content (AvgIpc) is 3.16. The molecule has 23 heavy (non-hydrogen) atoms. The number of aromatic nitrogens is 2. The topological polar surface area (TPSA) is 56.4 Å². The summed E-state index contributed by atoms with van der Waals surface area (Å²) >= 11 is 3.40. The van der Waals surface area contributed by atoms with Gasteiger partial charge >= 0.3 is 0 Å². The summed E-state index contributed by atoms with van der Waals surface area (Å²) in [6.07, 6.45) is 6.60. The lowest BCUT2D eigenvalue weighted by Gasteiger charge is -2.34. The summed E-state index contributed by atoms with van der Waals surface area (Å²) < 4.78 is 17.3. The molecule has 1 unspecified atom stereocenters. The molecule has 2 heterocycles. The first-order valence-corrected chi connectivity index (χ1v) is 8.86. The molecule has 0 radical (unpaired) electrons. The smallest absolute Gasteiger partial charge is 0.168 e. The van der Waals surface area contributed by atoms with Gasteiger partial charge in [0, 0.05) is 24.3 Å². The molecule has 1 spiro atoms. The zero-order chi connectivity index (χ0) is 16.3. The van der Waals surface area contributed by atoms with E-state index in [1.807, 2.05) is 12.1 Å². The average molecular weight is 383 g/mol. The Hall–Kier alpha value is -1.11. The number of benzene rings is 1. The van der Waals surface area contributed by atoms with E-state index >= 15 is 0 Å². The molecule has 5 nitrogen and oxygen atoms in total. The number of nitrogens with zero attached hydrogens (tertiary/aromatic N) is 1. The number of nitrogens with one attached hydrogen (secondary N) is 1. The van der Waals surface area contributed by atoms with Crippen LogP contribution < -0.4 is 4.74 Å². The van der Waals surface area contributed by atoms with Gasteiger partial charge in [-0.05, 0) is 34.3 Å². The molecular formula is C17H23BrN2O3. The number of hydrogen-bond acceptors (Lipinski definition) is 4. The van der Waals surface area contributed by atoms with Crippen LogP contribution in [0.25, 0.3) is 10.9 Å². The van der Waals surface area contributed by atoms with E-state index in [-0.39, 0.29) is 5.79 Å². The van der Waals surface area contributed by atoms with Crippen LogP contribution in [-0.4, -0.2) is 36.3 Å². The van der Waals surface area contributed by atoms with Crippen LogP contribution in [0, 0.1) is 5.92 Å². The van der Waals surface area contributed by atoms with Crippen molar-refractivity contribution in [2.75, 3.05) is 20.3 Å². The van der Waals surface area contributed by atoms with Crippen molar-refractivity contribution < 1.29 is 14.2 Å². The third kappa shape index (κ3) is 3.87. The van der Waals surface area contributed by atoms with Crippen molar-refractivity contribution in [3.05, 3.63) is 22.8 Å². The Kier molecular flexibility index (Phi) is 5.24. The van der Waals surface area contributed by atoms with Crippen LogP contribution in [-0.2, 0) is 9.47 Å². The predicted molar refractivity (Wildman–Crippen MR) is 92.6 cm³/mol. The molecule has 1 aliphatic carbocycles. The Bertz CT molecular complexity index is 652. The van der Waals surface area contributed by atoms with Crippen molar-refractivity contribution in [3.63, 3.8) is 0 Å². The van der Waals surface area contributed by atoms with E-state index in [9.17, 15) is 0 Å². The first-order valence-electron chi connectivity index (χ1n) is 8.06. The van der Waals surface area contributed by atoms with Gasteiger partial charge in [0.05, 0.1) is 36.5 Å². The molecule has 126 valence electrons. The van der Waals surface area contributed by atoms with Gasteiger partial charge in [-0.1, -0.05) is 13.3 Å². The summed E-state index contributed by atoms with van der Waals surface area (Å²) in [5, 5.41) is 7.86. The normalized spacial score (nSPS) is 22.8. The summed E-state index contributed by atoms with van der Waals surface area (Å²) in [7, 11) is 1.64. The molecule has 1 atom stereocenters. The highest BCUT2D eigenvalue weighted by Crippen LogP contribution is 2.38. The summed E-state index contributed by atoms with van der Waals surface area (Å²) in [6, 6.07) is 3.88. The minimum Gasteiger partial charge on any atom is -0.495 e. The summed E-state index contributed by atoms with van der Waals surface area (Å²) in [5.74, 6) is 1.44. The van der Waals surface area contributed by atoms with E-state index in [1.54, 1.807) is 13.3 Å². The summed E-state index contributed by atoms with van der Waals surface area (Å²) in [4.78, 5) is 0. The number of hydrogen-bond donors (Lipinski definition) is 1. The number of methoxy groups -OCH3 is 1. The molecule has 0 amide bonds. The molecule has 0 bridgehead atoms. The van der Waals surface area contributed by atoms with Gasteiger partial charge < -0.3 is 14.2 Å². The SMILES string of the molecule is CC1CCCC2(C1)OCCO2.COc1cc2[nH]ncc2cc1Br. The Morgan fingerprint density at radius 2 is 2.13 bits per heavy atom. The number of fused-ring (bicyclic) bond motifs is 1. The minimum atomic E-state index is -0.155. The fourth-order valence-corrected chi connectivity index (χ4v) is 3.84. The Morgan fingerprint density at radius 1 is 1.35 bits per heavy atom. The quantitative estimate of drug-likeness (QED) is 0.799. The molecule has 4 rings (SSSR count). The molecule has 6 heteroatoms. The lowest BCUT2D eigenvalue weighted by Crippen LogP contribution is -2.35. The van der Waals surface area contributed by atoms with Crippen LogP contribution >= 0.6 is 15.9 Å². The molecule has 1 aliphatic heterocycles. The molecule has 1 N–H and O–H groups in total. The van der Waals surface area contributed by atoms with E-state index in [1.165, 1.54) is 12.8 Å². The molecule has 1 aromatic heterocycles. The van der Waals surface area contributed by atoms with Crippen LogP contribution in [0.4, 0.5) is 0 Å². The van der Waals surface area contributed by atoms with Crippen molar-refractivity contribution >= 4 is 26.8 Å². The Morgan fingerprint density at radius 3 is 2.83 bits per heavy atom. The largest absolute Gasteiger partial charge is 0.495 e. The number of H-pyrrole nitrogens is 1. The highest BCUT2D eigenvalue weighted by Gasteiger charge is 2.39. The van der Waals surface area contributed by atoms with Gasteiger partial charge in [-0.25, -0.2) is 0 Å². The zero-order valence-electron chi connectivity index (χ0n) is 13.6. The monoisotopic (exact) mass is 382 g/mol. The van der Waals surface area contributed by atoms with E-state index in [0.29, 0.717) is 0 Å². The third-order valence-electron chi connectivity index (χ3n) is 4.44. The summed E-state index contributed by atoms with van der Waals surface area (Å²) in [6.45, 7) is 3.88. The number of rotatable bonds is 1. The van der Waals surface area contributed by atoms with Crippen molar-refractivity contribution in [1.29, 1.82) is 0 Å². The van der Waals surface area contributed by atoms with Gasteiger partial charge in [0.2, 0.25) is 0 Å². The molecule has 1 aromatic carbocycles. The van der Waals surface area contributed by atoms with Gasteiger partial charge in [0.25, 0.3) is 0 Å². The maximum atomic E-state index is 5.63. The fourth-order valence-electron chi connectivity index (χ4n) is 3.31. The van der Waals surface area contributed by atoms with Crippen LogP contribution in [0.5, 0.6) is 5.75 Å². The van der Waals surface area contributed by atoms with Crippen molar-refractivity contribution in [2.45, 2.75) is 38.4 Å². The lowest BCUT2D eigenvalue weighted by molar-refractivity contribution is -0.185. The molecule has 2 fully saturated rings. The third-order valence-corrected chi connectivity index (χ3v) is 5.06. The second-order valence-corrected chi connectivity index (χ2v) is 7.11. The van der Waals surface area contributed by atoms with E-state index in [4.69, 9.17) is 14.2 Å². The van der Waals surface area contributed by atoms with Gasteiger partial charge in [-0.3, -0.25) is 5.10 Å². The van der Waals surface area contributed by atoms with Crippen LogP contribution in [0.15, 0.2) is 22.8 Å². The molecule has 1 saturated carbocycles. The number of halogens is 1. The highest BCUT2D eigenvalue weighted by molar-refractivity contribution is 9.10. The van der Waals surface area contributed by atoms with E-state index in [2.05, 4.69) is 33.1 Å². The van der Waals surface area contributed by atoms with Gasteiger partial charge in [-0.15, -0.1) is 0 Å². The molecule has 2 aliphatic rings. The van der Waals surface area contributed by atoms with Crippen LogP contribution in [0.2, 0.25) is 0 Å². The first kappa shape index (κ1) is 16.7. The van der Waals surface area contributed by atoms with Crippen LogP contribution in [0.1, 0.15) is 32.6 Å². The maximum Gasteiger partial charge on any atom is 0.168 e. The van der Waals surface area contributed by atoms with Crippen molar-refractivity contribution in [1.82, 2.24) is 10.2 Å². The lowest BCUT2D eigenvalue weighted by atomic mass is 9.86. The molecular weight excluding hydrogens is 360 g/mol. The molecule has 1 saturated heterocycles. The number of aromatic amines is 1. The highest BCUT2D eigenvalue weighted by atomic mass is 79.9. The maximum absolute atomic E-state index is 5.63. The fraction of sp³-hybridized carbons (Fsp3) is 0.588. The zero-order valence-corrected chi connectivity index (χ0v) is 15.2. The van der Waals surface area contributed by atoms with Gasteiger partial charge in [0.15, 0.2) is 5.79 Å². The van der Waals surface area contributed by atoms with Crippen molar-refractivity contribution in [3.8, 4) is 5.75 Å². The van der Waals surface area contributed by atoms with E-state index in [0.717, 1.165) is 53.1 Å². The van der Waals surface area contributed by atoms with Crippen LogP contribution in [0.3, 0.4) is 0 Å². The number of ether oxygens (including phenoxy) is 3. The standard InChI is InChI=1S/C9H16O2.C8H7BrN2O/c1-8-3-2-4-9(7-8)10-5-6-11-9;1-12-8-3-7-5(2-6(8)9)4-10-11-7/h8H,2-7H2,1H3;2-4H,1H3,(H,10,11). The second-order valence-electron chi connectivity index (χ2n) is 6.25. The van der Waals surface area contributed by atoms with Gasteiger partial charge in [-0.2, -0.15) is 5.10 Å². The minimum absolute atomic E-state index is 0.155. The first-order chi connectivity index (χ1) is 11.1.